The van der Waals surface area contributed by atoms with E-state index in [1.807, 2.05) is 37.3 Å². The number of benzene rings is 2. The standard InChI is InChI=1S/C15H18N2O2S.ClH/c1-12-11-17(10-9-16-12)20(18,19)15-8-4-6-13-5-2-3-7-14(13)15;/h2-8,12,16H,9-11H2,1H3;1H/t12-;/m0./s1. The molecule has 2 aromatic rings. The van der Waals surface area contributed by atoms with E-state index in [1.165, 1.54) is 0 Å². The van der Waals surface area contributed by atoms with Crippen molar-refractivity contribution in [1.82, 2.24) is 9.62 Å². The molecule has 21 heavy (non-hydrogen) atoms. The summed E-state index contributed by atoms with van der Waals surface area (Å²) in [5.74, 6) is 0. The second-order valence-corrected chi connectivity index (χ2v) is 7.10. The zero-order valence-electron chi connectivity index (χ0n) is 11.8. The monoisotopic (exact) mass is 326 g/mol. The largest absolute Gasteiger partial charge is 0.312 e. The van der Waals surface area contributed by atoms with Crippen LogP contribution in [-0.4, -0.2) is 38.4 Å². The Kier molecular flexibility index (Phi) is 4.88. The van der Waals surface area contributed by atoms with E-state index >= 15 is 0 Å². The van der Waals surface area contributed by atoms with Gasteiger partial charge in [0.15, 0.2) is 0 Å². The highest BCUT2D eigenvalue weighted by Gasteiger charge is 2.29. The van der Waals surface area contributed by atoms with Crippen molar-refractivity contribution in [1.29, 1.82) is 0 Å². The van der Waals surface area contributed by atoms with E-state index in [0.717, 1.165) is 10.8 Å². The highest BCUT2D eigenvalue weighted by Crippen LogP contribution is 2.26. The van der Waals surface area contributed by atoms with Crippen LogP contribution in [0.2, 0.25) is 0 Å². The molecule has 114 valence electrons. The highest BCUT2D eigenvalue weighted by atomic mass is 35.5. The molecule has 1 atom stereocenters. The van der Waals surface area contributed by atoms with Gasteiger partial charge in [-0.15, -0.1) is 12.4 Å². The Morgan fingerprint density at radius 2 is 1.86 bits per heavy atom. The molecule has 0 aromatic heterocycles. The Hall–Kier alpha value is -1.14. The van der Waals surface area contributed by atoms with Gasteiger partial charge in [-0.3, -0.25) is 0 Å². The van der Waals surface area contributed by atoms with Crippen molar-refractivity contribution in [3.05, 3.63) is 42.5 Å². The number of piperazine rings is 1. The zero-order chi connectivity index (χ0) is 14.2. The first-order chi connectivity index (χ1) is 9.59. The fourth-order valence-corrected chi connectivity index (χ4v) is 4.42. The molecule has 0 aliphatic carbocycles. The topological polar surface area (TPSA) is 49.4 Å². The Balaban J connectivity index is 0.00000161. The van der Waals surface area contributed by atoms with Crippen molar-refractivity contribution in [2.24, 2.45) is 0 Å². The van der Waals surface area contributed by atoms with Crippen molar-refractivity contribution < 1.29 is 8.42 Å². The molecule has 4 nitrogen and oxygen atoms in total. The van der Waals surface area contributed by atoms with Crippen LogP contribution in [0.3, 0.4) is 0 Å². The lowest BCUT2D eigenvalue weighted by Crippen LogP contribution is -2.51. The zero-order valence-corrected chi connectivity index (χ0v) is 13.5. The summed E-state index contributed by atoms with van der Waals surface area (Å²) >= 11 is 0. The van der Waals surface area contributed by atoms with Gasteiger partial charge in [0.25, 0.3) is 0 Å². The minimum atomic E-state index is -3.43. The number of nitrogens with one attached hydrogen (secondary N) is 1. The molecule has 0 amide bonds. The van der Waals surface area contributed by atoms with Gasteiger partial charge in [-0.25, -0.2) is 8.42 Å². The number of hydrogen-bond donors (Lipinski definition) is 1. The van der Waals surface area contributed by atoms with Crippen LogP contribution in [0.1, 0.15) is 6.92 Å². The third kappa shape index (κ3) is 3.06. The number of sulfonamides is 1. The molecule has 0 radical (unpaired) electrons. The molecule has 1 saturated heterocycles. The van der Waals surface area contributed by atoms with Crippen LogP contribution in [0.5, 0.6) is 0 Å². The van der Waals surface area contributed by atoms with E-state index in [2.05, 4.69) is 5.32 Å². The summed E-state index contributed by atoms with van der Waals surface area (Å²) in [6.45, 7) is 3.75. The molecule has 1 N–H and O–H groups in total. The summed E-state index contributed by atoms with van der Waals surface area (Å²) in [5.41, 5.74) is 0. The smallest absolute Gasteiger partial charge is 0.243 e. The lowest BCUT2D eigenvalue weighted by Gasteiger charge is -2.31. The van der Waals surface area contributed by atoms with Gasteiger partial charge in [-0.2, -0.15) is 4.31 Å². The molecular weight excluding hydrogens is 308 g/mol. The number of nitrogens with zero attached hydrogens (tertiary/aromatic N) is 1. The predicted octanol–water partition coefficient (Wildman–Crippen LogP) is 2.24. The summed E-state index contributed by atoms with van der Waals surface area (Å²) in [5, 5.41) is 5.01. The molecule has 1 aliphatic rings. The van der Waals surface area contributed by atoms with Gasteiger partial charge in [0.1, 0.15) is 0 Å². The molecule has 1 heterocycles. The van der Waals surface area contributed by atoms with Crippen molar-refractivity contribution in [3.8, 4) is 0 Å². The van der Waals surface area contributed by atoms with Gasteiger partial charge in [0, 0.05) is 31.1 Å². The maximum atomic E-state index is 12.8. The summed E-state index contributed by atoms with van der Waals surface area (Å²) in [7, 11) is -3.43. The molecule has 0 spiro atoms. The van der Waals surface area contributed by atoms with Gasteiger partial charge < -0.3 is 5.32 Å². The first-order valence-electron chi connectivity index (χ1n) is 6.80. The van der Waals surface area contributed by atoms with Gasteiger partial charge in [-0.1, -0.05) is 36.4 Å². The Morgan fingerprint density at radius 3 is 2.62 bits per heavy atom. The Morgan fingerprint density at radius 1 is 1.14 bits per heavy atom. The lowest BCUT2D eigenvalue weighted by atomic mass is 10.1. The molecule has 3 rings (SSSR count). The third-order valence-corrected chi connectivity index (χ3v) is 5.62. The Labute approximate surface area is 131 Å². The molecule has 0 unspecified atom stereocenters. The summed E-state index contributed by atoms with van der Waals surface area (Å²) in [6.07, 6.45) is 0. The van der Waals surface area contributed by atoms with Crippen LogP contribution >= 0.6 is 12.4 Å². The minimum Gasteiger partial charge on any atom is -0.312 e. The first-order valence-corrected chi connectivity index (χ1v) is 8.24. The summed E-state index contributed by atoms with van der Waals surface area (Å²) in [6, 6.07) is 13.2. The van der Waals surface area contributed by atoms with Crippen LogP contribution in [0.25, 0.3) is 10.8 Å². The van der Waals surface area contributed by atoms with Crippen LogP contribution < -0.4 is 5.32 Å². The number of halogens is 1. The minimum absolute atomic E-state index is 0. The quantitative estimate of drug-likeness (QED) is 0.921. The molecule has 0 bridgehead atoms. The SMILES string of the molecule is C[C@H]1CN(S(=O)(=O)c2cccc3ccccc23)CCN1.Cl. The second kappa shape index (κ2) is 6.32. The lowest BCUT2D eigenvalue weighted by molar-refractivity contribution is 0.310. The van der Waals surface area contributed by atoms with E-state index < -0.39 is 10.0 Å². The van der Waals surface area contributed by atoms with Crippen molar-refractivity contribution in [3.63, 3.8) is 0 Å². The molecule has 6 heteroatoms. The fourth-order valence-electron chi connectivity index (χ4n) is 2.67. The number of rotatable bonds is 2. The van der Waals surface area contributed by atoms with Crippen molar-refractivity contribution in [2.45, 2.75) is 17.9 Å². The molecular formula is C15H19ClN2O2S. The van der Waals surface area contributed by atoms with E-state index in [9.17, 15) is 8.42 Å². The highest BCUT2D eigenvalue weighted by molar-refractivity contribution is 7.89. The van der Waals surface area contributed by atoms with Gasteiger partial charge in [0.2, 0.25) is 10.0 Å². The molecule has 2 aromatic carbocycles. The van der Waals surface area contributed by atoms with Crippen molar-refractivity contribution >= 4 is 33.2 Å². The predicted molar refractivity (Wildman–Crippen MR) is 87.4 cm³/mol. The molecule has 0 saturated carbocycles. The fraction of sp³-hybridized carbons (Fsp3) is 0.333. The molecule has 1 fully saturated rings. The second-order valence-electron chi connectivity index (χ2n) is 5.20. The van der Waals surface area contributed by atoms with E-state index in [1.54, 1.807) is 16.4 Å². The third-order valence-electron chi connectivity index (χ3n) is 3.70. The molecule has 1 aliphatic heterocycles. The maximum Gasteiger partial charge on any atom is 0.243 e. The average Bonchev–Trinajstić information content (AvgIpc) is 2.46. The van der Waals surface area contributed by atoms with Gasteiger partial charge >= 0.3 is 0 Å². The van der Waals surface area contributed by atoms with Crippen molar-refractivity contribution in [2.75, 3.05) is 19.6 Å². The van der Waals surface area contributed by atoms with Gasteiger partial charge in [-0.05, 0) is 18.4 Å². The normalized spacial score (nSPS) is 20.1. The van der Waals surface area contributed by atoms with Gasteiger partial charge in [0.05, 0.1) is 4.90 Å². The van der Waals surface area contributed by atoms with Crippen LogP contribution in [-0.2, 0) is 10.0 Å². The summed E-state index contributed by atoms with van der Waals surface area (Å²) in [4.78, 5) is 0.407. The van der Waals surface area contributed by atoms with E-state index in [4.69, 9.17) is 0 Å². The maximum absolute atomic E-state index is 12.8. The van der Waals surface area contributed by atoms with Crippen LogP contribution in [0, 0.1) is 0 Å². The van der Waals surface area contributed by atoms with Crippen LogP contribution in [0.4, 0.5) is 0 Å². The number of fused-ring (bicyclic) bond motifs is 1. The Bertz CT molecular complexity index is 728. The van der Waals surface area contributed by atoms with Crippen LogP contribution in [0.15, 0.2) is 47.4 Å². The average molecular weight is 327 g/mol. The first kappa shape index (κ1) is 16.2. The van der Waals surface area contributed by atoms with E-state index in [-0.39, 0.29) is 18.4 Å². The van der Waals surface area contributed by atoms with E-state index in [0.29, 0.717) is 24.5 Å². The number of hydrogen-bond acceptors (Lipinski definition) is 3. The summed E-state index contributed by atoms with van der Waals surface area (Å²) < 4.78 is 27.3.